The number of aliphatic hydroxyl groups is 1. The van der Waals surface area contributed by atoms with Crippen molar-refractivity contribution in [2.75, 3.05) is 5.75 Å². The lowest BCUT2D eigenvalue weighted by molar-refractivity contribution is -0.116. The van der Waals surface area contributed by atoms with E-state index in [-0.39, 0.29) is 11.5 Å². The fourth-order valence-electron chi connectivity index (χ4n) is 1.58. The second-order valence-corrected chi connectivity index (χ2v) is 5.24. The Morgan fingerprint density at radius 1 is 1.46 bits per heavy atom. The van der Waals surface area contributed by atoms with Crippen molar-refractivity contribution >= 4 is 17.5 Å². The lowest BCUT2D eigenvalue weighted by atomic mass is 9.94. The Morgan fingerprint density at radius 3 is 2.85 bits per heavy atom. The molecule has 2 rings (SSSR count). The molecule has 0 aliphatic heterocycles. The van der Waals surface area contributed by atoms with E-state index >= 15 is 0 Å². The number of carbonyl (C=O) groups is 1. The smallest absolute Gasteiger partial charge is 0.159 e. The van der Waals surface area contributed by atoms with Crippen molar-refractivity contribution in [3.63, 3.8) is 0 Å². The Morgan fingerprint density at radius 2 is 2.23 bits per heavy atom. The van der Waals surface area contributed by atoms with Gasteiger partial charge in [0.1, 0.15) is 0 Å². The van der Waals surface area contributed by atoms with E-state index in [0.717, 1.165) is 11.0 Å². The summed E-state index contributed by atoms with van der Waals surface area (Å²) in [5.74, 6) is 1.78. The first-order chi connectivity index (χ1) is 6.24. The first-order valence-electron chi connectivity index (χ1n) is 4.78. The van der Waals surface area contributed by atoms with E-state index in [1.165, 1.54) is 18.9 Å². The number of hydrogen-bond donors (Lipinski definition) is 1. The van der Waals surface area contributed by atoms with Crippen molar-refractivity contribution in [2.45, 2.75) is 30.9 Å². The highest BCUT2D eigenvalue weighted by atomic mass is 32.2. The van der Waals surface area contributed by atoms with Gasteiger partial charge in [-0.3, -0.25) is 4.79 Å². The third-order valence-corrected chi connectivity index (χ3v) is 4.01. The van der Waals surface area contributed by atoms with Gasteiger partial charge in [0, 0.05) is 24.2 Å². The molecule has 0 aromatic heterocycles. The van der Waals surface area contributed by atoms with Crippen LogP contribution in [0.5, 0.6) is 0 Å². The fraction of sp³-hybridized carbons (Fsp3) is 0.700. The van der Waals surface area contributed by atoms with Crippen LogP contribution in [0.3, 0.4) is 0 Å². The van der Waals surface area contributed by atoms with Crippen LogP contribution in [0.4, 0.5) is 0 Å². The lowest BCUT2D eigenvalue weighted by Gasteiger charge is -2.18. The van der Waals surface area contributed by atoms with E-state index in [0.29, 0.717) is 18.8 Å². The molecule has 0 saturated heterocycles. The third kappa shape index (κ3) is 2.76. The summed E-state index contributed by atoms with van der Waals surface area (Å²) < 4.78 is 0. The summed E-state index contributed by atoms with van der Waals surface area (Å²) in [5.41, 5.74) is 0. The van der Waals surface area contributed by atoms with Gasteiger partial charge in [0.25, 0.3) is 0 Å². The molecule has 1 N–H and O–H groups in total. The Labute approximate surface area is 82.4 Å². The maximum Gasteiger partial charge on any atom is 0.159 e. The molecule has 0 spiro atoms. The zero-order valence-electron chi connectivity index (χ0n) is 7.53. The molecule has 1 fully saturated rings. The van der Waals surface area contributed by atoms with Crippen LogP contribution in [-0.2, 0) is 4.79 Å². The molecule has 0 amide bonds. The van der Waals surface area contributed by atoms with Crippen molar-refractivity contribution in [1.82, 2.24) is 0 Å². The number of aliphatic hydroxyl groups excluding tert-OH is 1. The molecule has 0 bridgehead atoms. The summed E-state index contributed by atoms with van der Waals surface area (Å²) in [6.07, 6.45) is 5.38. The van der Waals surface area contributed by atoms with Crippen LogP contribution in [0.1, 0.15) is 25.7 Å². The number of allylic oxidation sites excluding steroid dienone is 2. The average molecular weight is 198 g/mol. The van der Waals surface area contributed by atoms with E-state index in [1.54, 1.807) is 0 Å². The lowest BCUT2D eigenvalue weighted by Crippen LogP contribution is -2.16. The molecule has 3 heteroatoms. The highest BCUT2D eigenvalue weighted by molar-refractivity contribution is 8.00. The minimum atomic E-state index is 0.0881. The molecule has 2 aliphatic carbocycles. The predicted molar refractivity (Wildman–Crippen MR) is 53.9 cm³/mol. The van der Waals surface area contributed by atoms with Crippen molar-refractivity contribution < 1.29 is 9.90 Å². The largest absolute Gasteiger partial charge is 0.512 e. The molecule has 2 nitrogen and oxygen atoms in total. The van der Waals surface area contributed by atoms with Gasteiger partial charge in [-0.15, -0.1) is 0 Å². The third-order valence-electron chi connectivity index (χ3n) is 2.41. The first kappa shape index (κ1) is 9.13. The van der Waals surface area contributed by atoms with Gasteiger partial charge in [-0.05, 0) is 24.5 Å². The van der Waals surface area contributed by atoms with Crippen LogP contribution in [0.25, 0.3) is 0 Å². The summed E-state index contributed by atoms with van der Waals surface area (Å²) in [7, 11) is 0. The normalized spacial score (nSPS) is 28.8. The van der Waals surface area contributed by atoms with Crippen molar-refractivity contribution in [3.05, 3.63) is 11.8 Å². The minimum absolute atomic E-state index is 0.0881. The number of carbonyl (C=O) groups excluding carboxylic acids is 1. The number of rotatable bonds is 3. The Kier molecular flexibility index (Phi) is 2.63. The molecule has 1 atom stereocenters. The van der Waals surface area contributed by atoms with Gasteiger partial charge >= 0.3 is 0 Å². The van der Waals surface area contributed by atoms with Crippen LogP contribution in [0, 0.1) is 5.92 Å². The maximum atomic E-state index is 11.1. The minimum Gasteiger partial charge on any atom is -0.512 e. The number of ketones is 1. The van der Waals surface area contributed by atoms with Crippen molar-refractivity contribution in [3.8, 4) is 0 Å². The Balaban J connectivity index is 1.79. The van der Waals surface area contributed by atoms with Crippen LogP contribution < -0.4 is 0 Å². The monoisotopic (exact) mass is 198 g/mol. The molecular formula is C10H14O2S. The Bertz CT molecular complexity index is 243. The quantitative estimate of drug-likeness (QED) is 0.756. The molecule has 2 aliphatic rings. The van der Waals surface area contributed by atoms with Crippen LogP contribution >= 0.6 is 11.8 Å². The average Bonchev–Trinajstić information content (AvgIpc) is 2.81. The van der Waals surface area contributed by atoms with Gasteiger partial charge in [-0.2, -0.15) is 11.8 Å². The van der Waals surface area contributed by atoms with Gasteiger partial charge in [0.15, 0.2) is 5.78 Å². The van der Waals surface area contributed by atoms with Gasteiger partial charge in [0.05, 0.1) is 5.76 Å². The van der Waals surface area contributed by atoms with E-state index in [2.05, 4.69) is 0 Å². The van der Waals surface area contributed by atoms with Gasteiger partial charge in [-0.25, -0.2) is 0 Å². The van der Waals surface area contributed by atoms with Gasteiger partial charge in [0.2, 0.25) is 0 Å². The second kappa shape index (κ2) is 3.74. The van der Waals surface area contributed by atoms with E-state index in [4.69, 9.17) is 0 Å². The van der Waals surface area contributed by atoms with Crippen LogP contribution in [0.2, 0.25) is 0 Å². The van der Waals surface area contributed by atoms with E-state index in [9.17, 15) is 9.90 Å². The van der Waals surface area contributed by atoms with Gasteiger partial charge < -0.3 is 5.11 Å². The molecule has 72 valence electrons. The van der Waals surface area contributed by atoms with Crippen LogP contribution in [-0.4, -0.2) is 21.9 Å². The highest BCUT2D eigenvalue weighted by Crippen LogP contribution is 2.37. The highest BCUT2D eigenvalue weighted by Gasteiger charge is 2.26. The van der Waals surface area contributed by atoms with Crippen molar-refractivity contribution in [2.24, 2.45) is 5.92 Å². The topological polar surface area (TPSA) is 37.3 Å². The molecular weight excluding hydrogens is 184 g/mol. The standard InChI is InChI=1S/C10H14O2S/c11-8-3-7(4-9(12)5-8)6-13-10-1-2-10/h5,7,10-11H,1-4,6H2. The molecule has 0 aromatic carbocycles. The zero-order valence-corrected chi connectivity index (χ0v) is 8.35. The molecule has 0 aromatic rings. The SMILES string of the molecule is O=C1C=C(O)CC(CSC2CC2)C1. The van der Waals surface area contributed by atoms with E-state index in [1.807, 2.05) is 11.8 Å². The first-order valence-corrected chi connectivity index (χ1v) is 5.83. The number of thioether (sulfide) groups is 1. The predicted octanol–water partition coefficient (Wildman–Crippen LogP) is 2.30. The van der Waals surface area contributed by atoms with Crippen LogP contribution in [0.15, 0.2) is 11.8 Å². The molecule has 0 heterocycles. The molecule has 0 radical (unpaired) electrons. The fourth-order valence-corrected chi connectivity index (χ4v) is 2.83. The van der Waals surface area contributed by atoms with Crippen molar-refractivity contribution in [1.29, 1.82) is 0 Å². The maximum absolute atomic E-state index is 11.1. The summed E-state index contributed by atoms with van der Waals surface area (Å²) in [6, 6.07) is 0. The second-order valence-electron chi connectivity index (χ2n) is 3.91. The summed E-state index contributed by atoms with van der Waals surface area (Å²) in [6.45, 7) is 0. The molecule has 1 unspecified atom stereocenters. The number of hydrogen-bond acceptors (Lipinski definition) is 3. The summed E-state index contributed by atoms with van der Waals surface area (Å²) in [5, 5.41) is 10.1. The molecule has 1 saturated carbocycles. The van der Waals surface area contributed by atoms with E-state index < -0.39 is 0 Å². The summed E-state index contributed by atoms with van der Waals surface area (Å²) in [4.78, 5) is 11.1. The molecule has 13 heavy (non-hydrogen) atoms. The zero-order chi connectivity index (χ0) is 9.26. The van der Waals surface area contributed by atoms with Gasteiger partial charge in [-0.1, -0.05) is 0 Å². The summed E-state index contributed by atoms with van der Waals surface area (Å²) >= 11 is 1.96. The Hall–Kier alpha value is -0.440.